The summed E-state index contributed by atoms with van der Waals surface area (Å²) >= 11 is 0. The number of ether oxygens (including phenoxy) is 1. The summed E-state index contributed by atoms with van der Waals surface area (Å²) < 4.78 is 5.22. The average molecular weight is 243 g/mol. The molecule has 0 aromatic carbocycles. The third kappa shape index (κ3) is 5.04. The van der Waals surface area contributed by atoms with Crippen molar-refractivity contribution in [2.75, 3.05) is 26.2 Å². The Balaban J connectivity index is 2.25. The SMILES string of the molecule is CCOC(CCN(CC)CC1CCC1)C(=O)O. The Bertz CT molecular complexity index is 229. The molecule has 0 aromatic heterocycles. The van der Waals surface area contributed by atoms with E-state index in [0.29, 0.717) is 13.0 Å². The predicted molar refractivity (Wildman–Crippen MR) is 67.1 cm³/mol. The van der Waals surface area contributed by atoms with Crippen molar-refractivity contribution in [3.05, 3.63) is 0 Å². The van der Waals surface area contributed by atoms with Crippen molar-refractivity contribution in [1.29, 1.82) is 0 Å². The highest BCUT2D eigenvalue weighted by Crippen LogP contribution is 2.27. The molecule has 0 amide bonds. The molecule has 1 aliphatic carbocycles. The van der Waals surface area contributed by atoms with Gasteiger partial charge in [0.15, 0.2) is 6.10 Å². The van der Waals surface area contributed by atoms with Gasteiger partial charge in [0.25, 0.3) is 0 Å². The average Bonchev–Trinajstić information content (AvgIpc) is 2.25. The fourth-order valence-electron chi connectivity index (χ4n) is 2.20. The number of hydrogen-bond donors (Lipinski definition) is 1. The molecule has 0 bridgehead atoms. The Kier molecular flexibility index (Phi) is 6.52. The van der Waals surface area contributed by atoms with Crippen molar-refractivity contribution in [3.8, 4) is 0 Å². The van der Waals surface area contributed by atoms with E-state index in [2.05, 4.69) is 11.8 Å². The standard InChI is InChI=1S/C13H25NO3/c1-3-14(10-11-6-5-7-11)9-8-12(13(15)16)17-4-2/h11-12H,3-10H2,1-2H3,(H,15,16). The van der Waals surface area contributed by atoms with Crippen molar-refractivity contribution < 1.29 is 14.6 Å². The Labute approximate surface area is 104 Å². The van der Waals surface area contributed by atoms with Crippen molar-refractivity contribution >= 4 is 5.97 Å². The van der Waals surface area contributed by atoms with Gasteiger partial charge in [-0.1, -0.05) is 13.3 Å². The zero-order valence-corrected chi connectivity index (χ0v) is 11.0. The minimum Gasteiger partial charge on any atom is -0.479 e. The first kappa shape index (κ1) is 14.5. The molecule has 0 radical (unpaired) electrons. The smallest absolute Gasteiger partial charge is 0.332 e. The molecule has 4 nitrogen and oxygen atoms in total. The van der Waals surface area contributed by atoms with Gasteiger partial charge in [0.1, 0.15) is 0 Å². The lowest BCUT2D eigenvalue weighted by Crippen LogP contribution is -2.36. The number of carboxylic acids is 1. The van der Waals surface area contributed by atoms with Crippen molar-refractivity contribution in [2.24, 2.45) is 5.92 Å². The predicted octanol–water partition coefficient (Wildman–Crippen LogP) is 1.99. The summed E-state index contributed by atoms with van der Waals surface area (Å²) in [4.78, 5) is 13.3. The van der Waals surface area contributed by atoms with E-state index >= 15 is 0 Å². The van der Waals surface area contributed by atoms with Crippen molar-refractivity contribution in [2.45, 2.75) is 45.6 Å². The highest BCUT2D eigenvalue weighted by molar-refractivity contribution is 5.72. The summed E-state index contributed by atoms with van der Waals surface area (Å²) in [6, 6.07) is 0. The summed E-state index contributed by atoms with van der Waals surface area (Å²) in [7, 11) is 0. The molecule has 1 atom stereocenters. The minimum absolute atomic E-state index is 0.464. The van der Waals surface area contributed by atoms with Crippen LogP contribution in [0.15, 0.2) is 0 Å². The molecule has 0 saturated heterocycles. The number of hydrogen-bond acceptors (Lipinski definition) is 3. The maximum absolute atomic E-state index is 10.9. The first-order valence-electron chi connectivity index (χ1n) is 6.74. The van der Waals surface area contributed by atoms with Crippen LogP contribution in [0.5, 0.6) is 0 Å². The van der Waals surface area contributed by atoms with E-state index in [1.165, 1.54) is 19.3 Å². The number of nitrogens with zero attached hydrogens (tertiary/aromatic N) is 1. The molecule has 4 heteroatoms. The maximum Gasteiger partial charge on any atom is 0.332 e. The van der Waals surface area contributed by atoms with E-state index in [9.17, 15) is 4.79 Å². The molecule has 17 heavy (non-hydrogen) atoms. The van der Waals surface area contributed by atoms with Gasteiger partial charge in [-0.3, -0.25) is 0 Å². The molecule has 100 valence electrons. The van der Waals surface area contributed by atoms with E-state index in [1.54, 1.807) is 0 Å². The van der Waals surface area contributed by atoms with Crippen LogP contribution in [0.2, 0.25) is 0 Å². The van der Waals surface area contributed by atoms with Gasteiger partial charge in [0.05, 0.1) is 0 Å². The molecule has 0 heterocycles. The second kappa shape index (κ2) is 7.67. The number of rotatable bonds is 9. The first-order valence-corrected chi connectivity index (χ1v) is 6.74. The molecule has 1 aliphatic rings. The van der Waals surface area contributed by atoms with E-state index in [-0.39, 0.29) is 0 Å². The summed E-state index contributed by atoms with van der Waals surface area (Å²) in [6.07, 6.45) is 3.98. The Hall–Kier alpha value is -0.610. The van der Waals surface area contributed by atoms with Crippen LogP contribution in [0.3, 0.4) is 0 Å². The second-order valence-corrected chi connectivity index (χ2v) is 4.76. The lowest BCUT2D eigenvalue weighted by Gasteiger charge is -2.32. The van der Waals surface area contributed by atoms with E-state index in [1.807, 2.05) is 6.92 Å². The molecule has 1 saturated carbocycles. The fraction of sp³-hybridized carbons (Fsp3) is 0.923. The molecule has 1 rings (SSSR count). The lowest BCUT2D eigenvalue weighted by atomic mass is 9.85. The Morgan fingerprint density at radius 1 is 1.47 bits per heavy atom. The van der Waals surface area contributed by atoms with Gasteiger partial charge in [-0.15, -0.1) is 0 Å². The summed E-state index contributed by atoms with van der Waals surface area (Å²) in [5.41, 5.74) is 0. The Morgan fingerprint density at radius 2 is 2.18 bits per heavy atom. The van der Waals surface area contributed by atoms with Crippen LogP contribution in [0, 0.1) is 5.92 Å². The normalized spacial score (nSPS) is 18.1. The minimum atomic E-state index is -0.841. The van der Waals surface area contributed by atoms with Crippen LogP contribution in [-0.2, 0) is 9.53 Å². The quantitative estimate of drug-likeness (QED) is 0.673. The van der Waals surface area contributed by atoms with Crippen LogP contribution < -0.4 is 0 Å². The highest BCUT2D eigenvalue weighted by atomic mass is 16.5. The zero-order chi connectivity index (χ0) is 12.7. The topological polar surface area (TPSA) is 49.8 Å². The molecule has 1 fully saturated rings. The van der Waals surface area contributed by atoms with Gasteiger partial charge >= 0.3 is 5.97 Å². The summed E-state index contributed by atoms with van der Waals surface area (Å²) in [5, 5.41) is 8.99. The molecule has 0 aromatic rings. The van der Waals surface area contributed by atoms with E-state index in [4.69, 9.17) is 9.84 Å². The van der Waals surface area contributed by atoms with Gasteiger partial charge in [0.2, 0.25) is 0 Å². The molecule has 0 spiro atoms. The lowest BCUT2D eigenvalue weighted by molar-refractivity contribution is -0.150. The van der Waals surface area contributed by atoms with Gasteiger partial charge in [0, 0.05) is 19.7 Å². The zero-order valence-electron chi connectivity index (χ0n) is 11.0. The van der Waals surface area contributed by atoms with Crippen LogP contribution >= 0.6 is 0 Å². The largest absolute Gasteiger partial charge is 0.479 e. The van der Waals surface area contributed by atoms with E-state index in [0.717, 1.165) is 25.6 Å². The number of carbonyl (C=O) groups is 1. The molecule has 1 unspecified atom stereocenters. The number of aliphatic carboxylic acids is 1. The first-order chi connectivity index (χ1) is 8.17. The van der Waals surface area contributed by atoms with Gasteiger partial charge in [-0.2, -0.15) is 0 Å². The van der Waals surface area contributed by atoms with E-state index < -0.39 is 12.1 Å². The number of carboxylic acid groups (broad SMARTS) is 1. The highest BCUT2D eigenvalue weighted by Gasteiger charge is 2.22. The third-order valence-corrected chi connectivity index (χ3v) is 3.54. The molecule has 1 N–H and O–H groups in total. The fourth-order valence-corrected chi connectivity index (χ4v) is 2.20. The van der Waals surface area contributed by atoms with Crippen LogP contribution in [-0.4, -0.2) is 48.3 Å². The Morgan fingerprint density at radius 3 is 2.59 bits per heavy atom. The van der Waals surface area contributed by atoms with Crippen LogP contribution in [0.4, 0.5) is 0 Å². The maximum atomic E-state index is 10.9. The molecule has 0 aliphatic heterocycles. The van der Waals surface area contributed by atoms with Gasteiger partial charge in [-0.25, -0.2) is 4.79 Å². The second-order valence-electron chi connectivity index (χ2n) is 4.76. The van der Waals surface area contributed by atoms with Gasteiger partial charge < -0.3 is 14.7 Å². The molecular weight excluding hydrogens is 218 g/mol. The van der Waals surface area contributed by atoms with Gasteiger partial charge in [-0.05, 0) is 38.6 Å². The van der Waals surface area contributed by atoms with Crippen molar-refractivity contribution in [1.82, 2.24) is 4.90 Å². The van der Waals surface area contributed by atoms with Crippen LogP contribution in [0.1, 0.15) is 39.5 Å². The molecular formula is C13H25NO3. The summed E-state index contributed by atoms with van der Waals surface area (Å²) in [5.74, 6) is -0.00290. The summed E-state index contributed by atoms with van der Waals surface area (Å²) in [6.45, 7) is 7.37. The third-order valence-electron chi connectivity index (χ3n) is 3.54. The van der Waals surface area contributed by atoms with Crippen LogP contribution in [0.25, 0.3) is 0 Å². The monoisotopic (exact) mass is 243 g/mol. The van der Waals surface area contributed by atoms with Crippen molar-refractivity contribution in [3.63, 3.8) is 0 Å².